The molecule has 0 spiro atoms. The van der Waals surface area contributed by atoms with Crippen molar-refractivity contribution in [1.82, 2.24) is 14.8 Å². The van der Waals surface area contributed by atoms with E-state index in [1.54, 1.807) is 25.3 Å². The smallest absolute Gasteiger partial charge is 0.227 e. The average molecular weight is 507 g/mol. The van der Waals surface area contributed by atoms with Crippen LogP contribution < -0.4 is 14.8 Å². The van der Waals surface area contributed by atoms with Crippen molar-refractivity contribution in [3.63, 3.8) is 0 Å². The molecule has 0 saturated carbocycles. The summed E-state index contributed by atoms with van der Waals surface area (Å²) in [5.74, 6) is 1.76. The van der Waals surface area contributed by atoms with Crippen LogP contribution in [0.15, 0.2) is 77.5 Å². The number of hydrogen-bond acceptors (Lipinski definition) is 6. The molecule has 0 amide bonds. The first-order valence-electron chi connectivity index (χ1n) is 10.9. The number of nitrogens with zero attached hydrogens (tertiary/aromatic N) is 3. The molecule has 2 aliphatic heterocycles. The van der Waals surface area contributed by atoms with Crippen LogP contribution in [0, 0.1) is 5.82 Å². The maximum atomic E-state index is 13.8. The molecule has 6 rings (SSSR count). The monoisotopic (exact) mass is 506 g/mol. The Morgan fingerprint density at radius 1 is 1.06 bits per heavy atom. The Morgan fingerprint density at radius 2 is 1.80 bits per heavy atom. The van der Waals surface area contributed by atoms with Crippen LogP contribution in [0.25, 0.3) is 5.70 Å². The van der Waals surface area contributed by atoms with Gasteiger partial charge in [-0.25, -0.2) is 9.07 Å². The number of nitrogens with one attached hydrogen (secondary N) is 1. The number of benzene rings is 3. The van der Waals surface area contributed by atoms with Crippen molar-refractivity contribution in [2.75, 3.05) is 18.7 Å². The van der Waals surface area contributed by atoms with Crippen LogP contribution in [0.3, 0.4) is 0 Å². The third kappa shape index (κ3) is 3.73. The highest BCUT2D eigenvalue weighted by atomic mass is 35.5. The van der Waals surface area contributed by atoms with E-state index in [4.69, 9.17) is 31.2 Å². The Bertz CT molecular complexity index is 1450. The van der Waals surface area contributed by atoms with Gasteiger partial charge < -0.3 is 14.8 Å². The third-order valence-electron chi connectivity index (χ3n) is 6.20. The maximum Gasteiger partial charge on any atom is 0.227 e. The highest BCUT2D eigenvalue weighted by Crippen LogP contribution is 2.51. The highest BCUT2D eigenvalue weighted by Gasteiger charge is 2.41. The van der Waals surface area contributed by atoms with Gasteiger partial charge >= 0.3 is 0 Å². The average Bonchev–Trinajstić information content (AvgIpc) is 3.31. The van der Waals surface area contributed by atoms with Gasteiger partial charge in [-0.1, -0.05) is 47.6 Å². The first kappa shape index (κ1) is 22.0. The number of aromatic nitrogens is 3. The first-order chi connectivity index (χ1) is 17.1. The second-order valence-corrected chi connectivity index (χ2v) is 9.40. The van der Waals surface area contributed by atoms with Gasteiger partial charge in [0, 0.05) is 16.2 Å². The van der Waals surface area contributed by atoms with E-state index in [0.717, 1.165) is 33.7 Å². The number of fused-ring (bicyclic) bond motifs is 3. The molecule has 2 atom stereocenters. The number of rotatable bonds is 4. The molecule has 9 heteroatoms. The van der Waals surface area contributed by atoms with Gasteiger partial charge in [-0.3, -0.25) is 0 Å². The Morgan fingerprint density at radius 3 is 2.51 bits per heavy atom. The summed E-state index contributed by atoms with van der Waals surface area (Å²) in [6.07, 6.45) is 1.45. The number of hydrogen-bond donors (Lipinski definition) is 1. The Kier molecular flexibility index (Phi) is 5.42. The molecule has 0 radical (unpaired) electrons. The van der Waals surface area contributed by atoms with E-state index in [2.05, 4.69) is 5.32 Å². The largest absolute Gasteiger partial charge is 0.497 e. The summed E-state index contributed by atoms with van der Waals surface area (Å²) in [4.78, 5) is 4.70. The van der Waals surface area contributed by atoms with Crippen LogP contribution in [0.5, 0.6) is 11.5 Å². The van der Waals surface area contributed by atoms with Gasteiger partial charge in [0.2, 0.25) is 11.1 Å². The minimum Gasteiger partial charge on any atom is -0.497 e. The number of anilines is 1. The normalized spacial score (nSPS) is 18.2. The lowest BCUT2D eigenvalue weighted by Crippen LogP contribution is -2.32. The molecule has 3 heterocycles. The molecule has 0 bridgehead atoms. The van der Waals surface area contributed by atoms with E-state index >= 15 is 0 Å². The van der Waals surface area contributed by atoms with Gasteiger partial charge in [0.15, 0.2) is 0 Å². The van der Waals surface area contributed by atoms with Crippen LogP contribution in [0.1, 0.15) is 28.8 Å². The number of thioether (sulfide) groups is 1. The zero-order chi connectivity index (χ0) is 24.1. The van der Waals surface area contributed by atoms with E-state index in [9.17, 15) is 4.39 Å². The summed E-state index contributed by atoms with van der Waals surface area (Å²) >= 11 is 7.86. The van der Waals surface area contributed by atoms with Crippen molar-refractivity contribution >= 4 is 35.0 Å². The molecule has 1 N–H and O–H groups in total. The number of ether oxygens (including phenoxy) is 2. The third-order valence-corrected chi connectivity index (χ3v) is 6.97. The molecule has 6 nitrogen and oxygen atoms in total. The van der Waals surface area contributed by atoms with Gasteiger partial charge in [-0.2, -0.15) is 4.98 Å². The lowest BCUT2D eigenvalue weighted by molar-refractivity contribution is 0.222. The van der Waals surface area contributed by atoms with Crippen LogP contribution in [-0.2, 0) is 0 Å². The predicted molar refractivity (Wildman–Crippen MR) is 135 cm³/mol. The fourth-order valence-electron chi connectivity index (χ4n) is 4.59. The van der Waals surface area contributed by atoms with Crippen molar-refractivity contribution in [2.24, 2.45) is 0 Å². The fourth-order valence-corrected chi connectivity index (χ4v) is 5.11. The fraction of sp³-hybridized carbons (Fsp3) is 0.154. The molecule has 4 aromatic rings. The van der Waals surface area contributed by atoms with E-state index in [-0.39, 0.29) is 11.9 Å². The molecule has 1 aromatic heterocycles. The van der Waals surface area contributed by atoms with Crippen LogP contribution in [0.2, 0.25) is 5.02 Å². The molecule has 0 fully saturated rings. The summed E-state index contributed by atoms with van der Waals surface area (Å²) in [5, 5.41) is 9.51. The lowest BCUT2D eigenvalue weighted by atomic mass is 9.84. The summed E-state index contributed by atoms with van der Waals surface area (Å²) in [5.41, 5.74) is 4.44. The maximum absolute atomic E-state index is 13.8. The van der Waals surface area contributed by atoms with Gasteiger partial charge in [-0.05, 0) is 59.8 Å². The zero-order valence-electron chi connectivity index (χ0n) is 18.8. The van der Waals surface area contributed by atoms with Crippen LogP contribution >= 0.6 is 23.4 Å². The predicted octanol–water partition coefficient (Wildman–Crippen LogP) is 6.36. The zero-order valence-corrected chi connectivity index (χ0v) is 20.4. The molecule has 0 saturated heterocycles. The Balaban J connectivity index is 1.62. The van der Waals surface area contributed by atoms with Crippen molar-refractivity contribution < 1.29 is 13.9 Å². The molecule has 176 valence electrons. The number of halogens is 2. The second-order valence-electron chi connectivity index (χ2n) is 8.19. The van der Waals surface area contributed by atoms with Gasteiger partial charge in [0.25, 0.3) is 0 Å². The summed E-state index contributed by atoms with van der Waals surface area (Å²) in [6.45, 7) is 0. The molecule has 35 heavy (non-hydrogen) atoms. The molecule has 3 aromatic carbocycles. The molecule has 2 aliphatic rings. The molecular weight excluding hydrogens is 487 g/mol. The summed E-state index contributed by atoms with van der Waals surface area (Å²) in [6, 6.07) is 19.5. The first-order valence-corrected chi connectivity index (χ1v) is 12.5. The minimum absolute atomic E-state index is 0.303. The molecule has 0 aliphatic carbocycles. The van der Waals surface area contributed by atoms with Crippen molar-refractivity contribution in [2.45, 2.75) is 17.3 Å². The van der Waals surface area contributed by atoms with Crippen LogP contribution in [0.4, 0.5) is 10.3 Å². The van der Waals surface area contributed by atoms with Crippen molar-refractivity contribution in [1.29, 1.82) is 0 Å². The second kappa shape index (κ2) is 8.62. The summed E-state index contributed by atoms with van der Waals surface area (Å²) < 4.78 is 27.6. The molecular formula is C26H20ClFN4O2S. The molecule has 0 unspecified atom stereocenters. The Labute approximate surface area is 210 Å². The standard InChI is InChI=1S/C26H20ClFN4O2S/c1-33-18-10-5-14(6-11-18)23-21-22(29-25-30-26(35-2)31-32(23)25)19-13-16(27)7-12-20(19)34-24(21)15-3-8-17(28)9-4-15/h3-13,23-24H,1-2H3,(H,29,30,31)/t23-,24-/m0/s1. The van der Waals surface area contributed by atoms with E-state index < -0.39 is 6.10 Å². The Hall–Kier alpha value is -3.49. The topological polar surface area (TPSA) is 61.2 Å². The van der Waals surface area contributed by atoms with E-state index in [1.165, 1.54) is 23.9 Å². The van der Waals surface area contributed by atoms with Crippen LogP contribution in [-0.4, -0.2) is 28.1 Å². The SMILES string of the molecule is COc1ccc([C@H]2C3=C(Nc4nc(SC)nn42)c2cc(Cl)ccc2O[C@H]3c2ccc(F)cc2)cc1. The van der Waals surface area contributed by atoms with Gasteiger partial charge in [0.05, 0.1) is 12.8 Å². The minimum atomic E-state index is -0.492. The van der Waals surface area contributed by atoms with Gasteiger partial charge in [-0.15, -0.1) is 5.10 Å². The lowest BCUT2D eigenvalue weighted by Gasteiger charge is -2.39. The summed E-state index contributed by atoms with van der Waals surface area (Å²) in [7, 11) is 1.64. The quantitative estimate of drug-likeness (QED) is 0.325. The highest BCUT2D eigenvalue weighted by molar-refractivity contribution is 7.98. The van der Waals surface area contributed by atoms with E-state index in [1.807, 2.05) is 47.3 Å². The van der Waals surface area contributed by atoms with Crippen molar-refractivity contribution in [3.8, 4) is 11.5 Å². The van der Waals surface area contributed by atoms with Crippen molar-refractivity contribution in [3.05, 3.63) is 99.8 Å². The van der Waals surface area contributed by atoms with Gasteiger partial charge in [0.1, 0.15) is 29.5 Å². The number of methoxy groups -OCH3 is 1. The van der Waals surface area contributed by atoms with E-state index in [0.29, 0.717) is 21.9 Å².